The van der Waals surface area contributed by atoms with Crippen LogP contribution in [0.15, 0.2) is 0 Å². The lowest BCUT2D eigenvalue weighted by Gasteiger charge is -2.41. The van der Waals surface area contributed by atoms with Crippen molar-refractivity contribution in [2.45, 2.75) is 40.7 Å². The molecule has 1 unspecified atom stereocenters. The lowest BCUT2D eigenvalue weighted by molar-refractivity contribution is 0.117. The van der Waals surface area contributed by atoms with Crippen LogP contribution < -0.4 is 11.1 Å². The summed E-state index contributed by atoms with van der Waals surface area (Å²) in [6.45, 7) is 10.4. The molecule has 0 aliphatic carbocycles. The highest BCUT2D eigenvalue weighted by atomic mass is 16.4. The molecular formula is C10H22N2O2. The van der Waals surface area contributed by atoms with Crippen LogP contribution in [0, 0.1) is 10.8 Å². The highest BCUT2D eigenvalue weighted by Gasteiger charge is 2.38. The van der Waals surface area contributed by atoms with Crippen molar-refractivity contribution in [2.75, 3.05) is 6.54 Å². The van der Waals surface area contributed by atoms with Gasteiger partial charge in [0.1, 0.15) is 0 Å². The second kappa shape index (κ2) is 4.17. The van der Waals surface area contributed by atoms with Crippen molar-refractivity contribution in [3.05, 3.63) is 0 Å². The molecule has 0 aromatic heterocycles. The maximum Gasteiger partial charge on any atom is 0.404 e. The van der Waals surface area contributed by atoms with E-state index in [1.54, 1.807) is 0 Å². The summed E-state index contributed by atoms with van der Waals surface area (Å²) in [7, 11) is 0. The van der Waals surface area contributed by atoms with Gasteiger partial charge < -0.3 is 16.2 Å². The predicted octanol–water partition coefficient (Wildman–Crippen LogP) is 1.65. The van der Waals surface area contributed by atoms with Gasteiger partial charge >= 0.3 is 6.09 Å². The van der Waals surface area contributed by atoms with Crippen molar-refractivity contribution < 1.29 is 9.90 Å². The Balaban J connectivity index is 4.82. The summed E-state index contributed by atoms with van der Waals surface area (Å²) >= 11 is 0. The number of hydrogen-bond acceptors (Lipinski definition) is 2. The zero-order chi connectivity index (χ0) is 11.6. The van der Waals surface area contributed by atoms with E-state index in [0.29, 0.717) is 6.54 Å². The van der Waals surface area contributed by atoms with Crippen molar-refractivity contribution >= 4 is 6.09 Å². The van der Waals surface area contributed by atoms with E-state index in [1.165, 1.54) is 0 Å². The van der Waals surface area contributed by atoms with Crippen LogP contribution in [0.4, 0.5) is 4.79 Å². The fourth-order valence-corrected chi connectivity index (χ4v) is 1.83. The Morgan fingerprint density at radius 2 is 1.79 bits per heavy atom. The van der Waals surface area contributed by atoms with E-state index in [9.17, 15) is 4.79 Å². The Labute approximate surface area is 85.9 Å². The largest absolute Gasteiger partial charge is 0.465 e. The second-order valence-electron chi connectivity index (χ2n) is 5.44. The monoisotopic (exact) mass is 202 g/mol. The second-order valence-corrected chi connectivity index (χ2v) is 5.44. The van der Waals surface area contributed by atoms with Gasteiger partial charge in [0.2, 0.25) is 0 Å². The van der Waals surface area contributed by atoms with E-state index in [4.69, 9.17) is 10.8 Å². The van der Waals surface area contributed by atoms with Gasteiger partial charge in [-0.25, -0.2) is 4.79 Å². The van der Waals surface area contributed by atoms with E-state index < -0.39 is 6.09 Å². The van der Waals surface area contributed by atoms with Crippen molar-refractivity contribution in [2.24, 2.45) is 16.6 Å². The first-order valence-corrected chi connectivity index (χ1v) is 4.81. The molecule has 4 N–H and O–H groups in total. The third kappa shape index (κ3) is 3.54. The molecule has 4 nitrogen and oxygen atoms in total. The molecule has 0 aromatic carbocycles. The molecular weight excluding hydrogens is 180 g/mol. The number of carbonyl (C=O) groups is 1. The van der Waals surface area contributed by atoms with E-state index in [2.05, 4.69) is 5.32 Å². The van der Waals surface area contributed by atoms with Crippen molar-refractivity contribution in [3.8, 4) is 0 Å². The molecule has 1 atom stereocenters. The zero-order valence-electron chi connectivity index (χ0n) is 9.72. The number of amides is 1. The smallest absolute Gasteiger partial charge is 0.404 e. The maximum absolute atomic E-state index is 10.7. The normalized spacial score (nSPS) is 15.0. The van der Waals surface area contributed by atoms with Crippen LogP contribution >= 0.6 is 0 Å². The minimum atomic E-state index is -0.994. The molecule has 0 spiro atoms. The first kappa shape index (κ1) is 13.2. The Morgan fingerprint density at radius 1 is 1.36 bits per heavy atom. The SMILES string of the molecule is CC(C)(C)C(NC(=O)O)C(C)(C)CN. The Bertz CT molecular complexity index is 207. The summed E-state index contributed by atoms with van der Waals surface area (Å²) in [4.78, 5) is 10.7. The molecule has 14 heavy (non-hydrogen) atoms. The predicted molar refractivity (Wildman–Crippen MR) is 57.2 cm³/mol. The molecule has 0 aromatic rings. The molecule has 0 aliphatic heterocycles. The average molecular weight is 202 g/mol. The number of carboxylic acid groups (broad SMARTS) is 1. The Kier molecular flexibility index (Phi) is 3.94. The Hall–Kier alpha value is -0.770. The molecule has 0 saturated heterocycles. The van der Waals surface area contributed by atoms with Crippen LogP contribution in [0.25, 0.3) is 0 Å². The van der Waals surface area contributed by atoms with Gasteiger partial charge in [-0.1, -0.05) is 34.6 Å². The van der Waals surface area contributed by atoms with E-state index in [1.807, 2.05) is 34.6 Å². The minimum Gasteiger partial charge on any atom is -0.465 e. The molecule has 1 amide bonds. The maximum atomic E-state index is 10.7. The quantitative estimate of drug-likeness (QED) is 0.651. The lowest BCUT2D eigenvalue weighted by Crippen LogP contribution is -2.54. The molecule has 0 aliphatic rings. The topological polar surface area (TPSA) is 75.3 Å². The summed E-state index contributed by atoms with van der Waals surface area (Å²) < 4.78 is 0. The highest BCUT2D eigenvalue weighted by molar-refractivity contribution is 5.65. The number of nitrogens with one attached hydrogen (secondary N) is 1. The average Bonchev–Trinajstić information content (AvgIpc) is 1.98. The number of nitrogens with two attached hydrogens (primary N) is 1. The molecule has 0 rings (SSSR count). The third-order valence-electron chi connectivity index (χ3n) is 2.44. The summed E-state index contributed by atoms with van der Waals surface area (Å²) in [6.07, 6.45) is -0.994. The van der Waals surface area contributed by atoms with Crippen LogP contribution in [0.2, 0.25) is 0 Å². The fraction of sp³-hybridized carbons (Fsp3) is 0.900. The van der Waals surface area contributed by atoms with Crippen LogP contribution in [-0.2, 0) is 0 Å². The van der Waals surface area contributed by atoms with E-state index in [-0.39, 0.29) is 16.9 Å². The lowest BCUT2D eigenvalue weighted by atomic mass is 9.71. The van der Waals surface area contributed by atoms with Gasteiger partial charge in [0, 0.05) is 6.04 Å². The van der Waals surface area contributed by atoms with Gasteiger partial charge in [-0.05, 0) is 17.4 Å². The summed E-state index contributed by atoms with van der Waals surface area (Å²) in [6, 6.07) is -0.155. The Morgan fingerprint density at radius 3 is 2.00 bits per heavy atom. The minimum absolute atomic E-state index is 0.138. The van der Waals surface area contributed by atoms with Gasteiger partial charge in [0.15, 0.2) is 0 Å². The number of rotatable bonds is 3. The molecule has 0 bridgehead atoms. The molecule has 0 saturated carbocycles. The van der Waals surface area contributed by atoms with Gasteiger partial charge in [0.25, 0.3) is 0 Å². The van der Waals surface area contributed by atoms with Crippen molar-refractivity contribution in [1.82, 2.24) is 5.32 Å². The molecule has 4 heteroatoms. The number of hydrogen-bond donors (Lipinski definition) is 3. The van der Waals surface area contributed by atoms with Gasteiger partial charge in [-0.2, -0.15) is 0 Å². The molecule has 0 heterocycles. The van der Waals surface area contributed by atoms with Crippen LogP contribution in [0.1, 0.15) is 34.6 Å². The highest BCUT2D eigenvalue weighted by Crippen LogP contribution is 2.32. The van der Waals surface area contributed by atoms with E-state index in [0.717, 1.165) is 0 Å². The first-order chi connectivity index (χ1) is 6.11. The summed E-state index contributed by atoms with van der Waals surface area (Å²) in [5.74, 6) is 0. The van der Waals surface area contributed by atoms with Gasteiger partial charge in [-0.3, -0.25) is 0 Å². The summed E-state index contributed by atoms with van der Waals surface area (Å²) in [5.41, 5.74) is 5.27. The van der Waals surface area contributed by atoms with Crippen LogP contribution in [-0.4, -0.2) is 23.8 Å². The summed E-state index contributed by atoms with van der Waals surface area (Å²) in [5, 5.41) is 11.3. The fourth-order valence-electron chi connectivity index (χ4n) is 1.83. The van der Waals surface area contributed by atoms with Crippen molar-refractivity contribution in [3.63, 3.8) is 0 Å². The molecule has 84 valence electrons. The molecule has 0 radical (unpaired) electrons. The zero-order valence-corrected chi connectivity index (χ0v) is 9.72. The molecule has 0 fully saturated rings. The van der Waals surface area contributed by atoms with Gasteiger partial charge in [-0.15, -0.1) is 0 Å². The van der Waals surface area contributed by atoms with Crippen molar-refractivity contribution in [1.29, 1.82) is 0 Å². The van der Waals surface area contributed by atoms with Crippen LogP contribution in [0.3, 0.4) is 0 Å². The van der Waals surface area contributed by atoms with Crippen LogP contribution in [0.5, 0.6) is 0 Å². The van der Waals surface area contributed by atoms with E-state index >= 15 is 0 Å². The first-order valence-electron chi connectivity index (χ1n) is 4.81. The standard InChI is InChI=1S/C10H22N2O2/c1-9(2,3)7(12-8(13)14)10(4,5)6-11/h7,12H,6,11H2,1-5H3,(H,13,14). The third-order valence-corrected chi connectivity index (χ3v) is 2.44. The van der Waals surface area contributed by atoms with Gasteiger partial charge in [0.05, 0.1) is 0 Å².